The second-order valence-electron chi connectivity index (χ2n) is 10.9. The number of carbonyl (C=O) groups excluding carboxylic acids is 3. The summed E-state index contributed by atoms with van der Waals surface area (Å²) in [4.78, 5) is 40.3. The quantitative estimate of drug-likeness (QED) is 0.564. The van der Waals surface area contributed by atoms with Crippen LogP contribution in [-0.4, -0.2) is 61.1 Å². The minimum absolute atomic E-state index is 0.0124. The van der Waals surface area contributed by atoms with Gasteiger partial charge in [-0.1, -0.05) is 25.3 Å². The highest BCUT2D eigenvalue weighted by molar-refractivity contribution is 6.05. The van der Waals surface area contributed by atoms with Crippen molar-refractivity contribution in [3.63, 3.8) is 0 Å². The molecule has 1 aliphatic carbocycles. The molecule has 8 nitrogen and oxygen atoms in total. The number of hydrogen-bond acceptors (Lipinski definition) is 5. The van der Waals surface area contributed by atoms with Crippen molar-refractivity contribution < 1.29 is 28.2 Å². The summed E-state index contributed by atoms with van der Waals surface area (Å²) in [7, 11) is 1.74. The SMILES string of the molecule is CN1C(=O)c2cc(NC(=O)c3cccc(F)c3)ccc2OC[C@@H]2O[C@H](CC(=O)NCC3CCCCC3)CC[C@@H]21. The summed E-state index contributed by atoms with van der Waals surface area (Å²) >= 11 is 0. The largest absolute Gasteiger partial charge is 0.490 e. The Labute approximate surface area is 228 Å². The van der Waals surface area contributed by atoms with E-state index in [2.05, 4.69) is 10.6 Å². The number of hydrogen-bond donors (Lipinski definition) is 2. The second kappa shape index (κ2) is 12.2. The predicted molar refractivity (Wildman–Crippen MR) is 144 cm³/mol. The first kappa shape index (κ1) is 27.1. The number of rotatable bonds is 6. The van der Waals surface area contributed by atoms with E-state index in [4.69, 9.17) is 9.47 Å². The topological polar surface area (TPSA) is 97.0 Å². The van der Waals surface area contributed by atoms with E-state index in [0.29, 0.717) is 42.2 Å². The van der Waals surface area contributed by atoms with Gasteiger partial charge in [-0.05, 0) is 68.0 Å². The Morgan fingerprint density at radius 1 is 1.05 bits per heavy atom. The number of benzene rings is 2. The summed E-state index contributed by atoms with van der Waals surface area (Å²) in [6, 6.07) is 10.1. The molecule has 0 unspecified atom stereocenters. The molecule has 1 saturated carbocycles. The fourth-order valence-electron chi connectivity index (χ4n) is 5.87. The standard InChI is InChI=1S/C30H36FN3O5/c1-34-25-12-11-23(16-28(35)32-17-19-6-3-2-4-7-19)39-27(25)18-38-26-13-10-22(15-24(26)30(34)37)33-29(36)20-8-5-9-21(31)14-20/h5,8-10,13-15,19,23,25,27H,2-4,6-7,11-12,16-18H2,1H3,(H,32,35)(H,33,36)/t23-,25-,27-/m0/s1. The third-order valence-corrected chi connectivity index (χ3v) is 8.08. The molecule has 2 N–H and O–H groups in total. The van der Waals surface area contributed by atoms with Crippen LogP contribution in [0.5, 0.6) is 5.75 Å². The van der Waals surface area contributed by atoms with Gasteiger partial charge in [0.1, 0.15) is 24.3 Å². The molecule has 2 fully saturated rings. The molecule has 208 valence electrons. The Hall–Kier alpha value is -3.46. The molecule has 0 bridgehead atoms. The average Bonchev–Trinajstić information content (AvgIpc) is 2.94. The summed E-state index contributed by atoms with van der Waals surface area (Å²) in [6.07, 6.45) is 7.25. The molecule has 9 heteroatoms. The Balaban J connectivity index is 1.21. The van der Waals surface area contributed by atoms with E-state index < -0.39 is 11.7 Å². The van der Waals surface area contributed by atoms with Crippen LogP contribution in [0.25, 0.3) is 0 Å². The van der Waals surface area contributed by atoms with Crippen molar-refractivity contribution in [2.24, 2.45) is 5.92 Å². The maximum absolute atomic E-state index is 13.5. The highest BCUT2D eigenvalue weighted by atomic mass is 19.1. The Morgan fingerprint density at radius 2 is 1.87 bits per heavy atom. The van der Waals surface area contributed by atoms with Crippen LogP contribution in [0.3, 0.4) is 0 Å². The summed E-state index contributed by atoms with van der Waals surface area (Å²) in [5, 5.41) is 5.82. The summed E-state index contributed by atoms with van der Waals surface area (Å²) in [5.74, 6) is -0.236. The van der Waals surface area contributed by atoms with Gasteiger partial charge in [0.25, 0.3) is 11.8 Å². The van der Waals surface area contributed by atoms with Crippen LogP contribution in [0.4, 0.5) is 10.1 Å². The zero-order valence-electron chi connectivity index (χ0n) is 22.3. The smallest absolute Gasteiger partial charge is 0.257 e. The molecule has 1 saturated heterocycles. The fraction of sp³-hybridized carbons (Fsp3) is 0.500. The molecule has 0 radical (unpaired) electrons. The number of carbonyl (C=O) groups is 3. The average molecular weight is 538 g/mol. The lowest BCUT2D eigenvalue weighted by Gasteiger charge is -2.42. The molecule has 2 aliphatic heterocycles. The van der Waals surface area contributed by atoms with Crippen molar-refractivity contribution in [3.8, 4) is 5.75 Å². The number of nitrogens with one attached hydrogen (secondary N) is 2. The normalized spacial score (nSPS) is 23.5. The van der Waals surface area contributed by atoms with Crippen molar-refractivity contribution in [3.05, 3.63) is 59.4 Å². The summed E-state index contributed by atoms with van der Waals surface area (Å²) in [6.45, 7) is 0.976. The fourth-order valence-corrected chi connectivity index (χ4v) is 5.87. The third-order valence-electron chi connectivity index (χ3n) is 8.08. The first-order valence-electron chi connectivity index (χ1n) is 13.9. The molecule has 5 rings (SSSR count). The van der Waals surface area contributed by atoms with Crippen molar-refractivity contribution in [2.75, 3.05) is 25.5 Å². The highest BCUT2D eigenvalue weighted by Gasteiger charge is 2.39. The Bertz CT molecular complexity index is 1210. The van der Waals surface area contributed by atoms with Crippen LogP contribution in [0.15, 0.2) is 42.5 Å². The van der Waals surface area contributed by atoms with Crippen LogP contribution in [-0.2, 0) is 9.53 Å². The molecule has 3 atom stereocenters. The van der Waals surface area contributed by atoms with Crippen molar-refractivity contribution >= 4 is 23.4 Å². The molecule has 0 aromatic heterocycles. The van der Waals surface area contributed by atoms with Gasteiger partial charge in [-0.25, -0.2) is 4.39 Å². The van der Waals surface area contributed by atoms with Gasteiger partial charge < -0.3 is 25.0 Å². The van der Waals surface area contributed by atoms with Gasteiger partial charge in [-0.3, -0.25) is 14.4 Å². The molecule has 3 amide bonds. The molecule has 2 heterocycles. The second-order valence-corrected chi connectivity index (χ2v) is 10.9. The van der Waals surface area contributed by atoms with Gasteiger partial charge in [0.2, 0.25) is 5.91 Å². The van der Waals surface area contributed by atoms with E-state index in [9.17, 15) is 18.8 Å². The monoisotopic (exact) mass is 537 g/mol. The van der Waals surface area contributed by atoms with Crippen LogP contribution < -0.4 is 15.4 Å². The van der Waals surface area contributed by atoms with Gasteiger partial charge in [0.15, 0.2) is 0 Å². The molecule has 3 aliphatic rings. The minimum Gasteiger partial charge on any atom is -0.490 e. The van der Waals surface area contributed by atoms with E-state index in [1.165, 1.54) is 50.3 Å². The summed E-state index contributed by atoms with van der Waals surface area (Å²) in [5.41, 5.74) is 0.919. The zero-order chi connectivity index (χ0) is 27.4. The van der Waals surface area contributed by atoms with Crippen molar-refractivity contribution in [1.82, 2.24) is 10.2 Å². The number of halogens is 1. The number of likely N-dealkylation sites (N-methyl/N-ethyl adjacent to an activating group) is 1. The number of nitrogens with zero attached hydrogens (tertiary/aromatic N) is 1. The Morgan fingerprint density at radius 3 is 2.67 bits per heavy atom. The van der Waals surface area contributed by atoms with E-state index in [1.54, 1.807) is 30.1 Å². The predicted octanol–water partition coefficient (Wildman–Crippen LogP) is 4.55. The van der Waals surface area contributed by atoms with E-state index in [1.807, 2.05) is 0 Å². The maximum Gasteiger partial charge on any atom is 0.257 e. The number of fused-ring (bicyclic) bond motifs is 2. The van der Waals surface area contributed by atoms with Gasteiger partial charge >= 0.3 is 0 Å². The highest BCUT2D eigenvalue weighted by Crippen LogP contribution is 2.33. The van der Waals surface area contributed by atoms with Gasteiger partial charge in [-0.2, -0.15) is 0 Å². The number of anilines is 1. The van der Waals surface area contributed by atoms with Gasteiger partial charge in [-0.15, -0.1) is 0 Å². The van der Waals surface area contributed by atoms with Crippen LogP contribution in [0, 0.1) is 11.7 Å². The molecular formula is C30H36FN3O5. The maximum atomic E-state index is 13.5. The molecule has 2 aromatic rings. The first-order valence-corrected chi connectivity index (χ1v) is 13.9. The van der Waals surface area contributed by atoms with Gasteiger partial charge in [0, 0.05) is 24.8 Å². The Kier molecular flexibility index (Phi) is 8.45. The molecule has 39 heavy (non-hydrogen) atoms. The van der Waals surface area contributed by atoms with E-state index in [0.717, 1.165) is 12.6 Å². The molecule has 0 spiro atoms. The van der Waals surface area contributed by atoms with Crippen LogP contribution in [0.2, 0.25) is 0 Å². The molecule has 2 aromatic carbocycles. The van der Waals surface area contributed by atoms with Crippen molar-refractivity contribution in [1.29, 1.82) is 0 Å². The molecular weight excluding hydrogens is 501 g/mol. The van der Waals surface area contributed by atoms with E-state index >= 15 is 0 Å². The lowest BCUT2D eigenvalue weighted by atomic mass is 9.89. The lowest BCUT2D eigenvalue weighted by molar-refractivity contribution is -0.134. The third kappa shape index (κ3) is 6.58. The van der Waals surface area contributed by atoms with Crippen LogP contribution in [0.1, 0.15) is 72.1 Å². The number of ether oxygens (including phenoxy) is 2. The van der Waals surface area contributed by atoms with E-state index in [-0.39, 0.29) is 42.2 Å². The zero-order valence-corrected chi connectivity index (χ0v) is 22.3. The van der Waals surface area contributed by atoms with Gasteiger partial charge in [0.05, 0.1) is 24.1 Å². The lowest BCUT2D eigenvalue weighted by Crippen LogP contribution is -2.54. The van der Waals surface area contributed by atoms with Crippen LogP contribution >= 0.6 is 0 Å². The summed E-state index contributed by atoms with van der Waals surface area (Å²) < 4.78 is 25.8. The number of amides is 3. The van der Waals surface area contributed by atoms with Crippen molar-refractivity contribution in [2.45, 2.75) is 69.6 Å². The minimum atomic E-state index is -0.502. The first-order chi connectivity index (χ1) is 18.9.